The summed E-state index contributed by atoms with van der Waals surface area (Å²) in [5.41, 5.74) is 5.74. The highest BCUT2D eigenvalue weighted by molar-refractivity contribution is 5.96. The Hall–Kier alpha value is -4.21. The molecule has 0 aliphatic rings. The van der Waals surface area contributed by atoms with E-state index in [0.717, 1.165) is 0 Å². The van der Waals surface area contributed by atoms with E-state index in [1.54, 1.807) is 30.3 Å². The summed E-state index contributed by atoms with van der Waals surface area (Å²) in [4.78, 5) is 44.3. The van der Waals surface area contributed by atoms with Crippen LogP contribution in [0.25, 0.3) is 11.0 Å². The van der Waals surface area contributed by atoms with Crippen LogP contribution in [0, 0.1) is 0 Å². The number of benzene rings is 2. The summed E-state index contributed by atoms with van der Waals surface area (Å²) in [6.45, 7) is -0.612. The second kappa shape index (κ2) is 9.32. The van der Waals surface area contributed by atoms with E-state index in [9.17, 15) is 14.4 Å². The monoisotopic (exact) mass is 410 g/mol. The van der Waals surface area contributed by atoms with Gasteiger partial charge in [-0.05, 0) is 30.3 Å². The Labute approximate surface area is 171 Å². The molecule has 10 heteroatoms. The van der Waals surface area contributed by atoms with E-state index in [4.69, 9.17) is 14.2 Å². The molecule has 0 atom stereocenters. The fraction of sp³-hybridized carbons (Fsp3) is 0.150. The van der Waals surface area contributed by atoms with Crippen molar-refractivity contribution in [1.29, 1.82) is 0 Å². The highest BCUT2D eigenvalue weighted by Crippen LogP contribution is 2.27. The fourth-order valence-corrected chi connectivity index (χ4v) is 2.47. The molecule has 0 unspecified atom stereocenters. The number of fused-ring (bicyclic) bond motifs is 1. The van der Waals surface area contributed by atoms with Crippen LogP contribution in [0.4, 0.5) is 0 Å². The number of carbonyl (C=O) groups excluding carboxylic acids is 3. The van der Waals surface area contributed by atoms with Crippen LogP contribution in [0.5, 0.6) is 11.5 Å². The highest BCUT2D eigenvalue weighted by Gasteiger charge is 2.15. The maximum Gasteiger partial charge on any atom is 0.359 e. The molecular weight excluding hydrogens is 392 g/mol. The molecule has 1 heterocycles. The van der Waals surface area contributed by atoms with Crippen LogP contribution in [0.1, 0.15) is 20.8 Å². The number of rotatable bonds is 6. The van der Waals surface area contributed by atoms with Crippen LogP contribution in [-0.2, 0) is 9.53 Å². The summed E-state index contributed by atoms with van der Waals surface area (Å²) >= 11 is 0. The molecule has 154 valence electrons. The third-order valence-electron chi connectivity index (χ3n) is 3.95. The fourth-order valence-electron chi connectivity index (χ4n) is 2.47. The van der Waals surface area contributed by atoms with Gasteiger partial charge in [-0.3, -0.25) is 25.4 Å². The first-order valence-electron chi connectivity index (χ1n) is 8.72. The zero-order valence-corrected chi connectivity index (χ0v) is 16.2. The topological polar surface area (TPSA) is 129 Å². The average molecular weight is 410 g/mol. The summed E-state index contributed by atoms with van der Waals surface area (Å²) in [6, 6.07) is 11.5. The minimum atomic E-state index is -0.811. The number of amides is 2. The molecule has 0 aliphatic heterocycles. The molecule has 10 nitrogen and oxygen atoms in total. The molecule has 0 radical (unpaired) electrons. The first-order valence-corrected chi connectivity index (χ1v) is 8.72. The van der Waals surface area contributed by atoms with Crippen molar-refractivity contribution >= 4 is 28.8 Å². The van der Waals surface area contributed by atoms with E-state index in [0.29, 0.717) is 22.5 Å². The highest BCUT2D eigenvalue weighted by atomic mass is 16.5. The number of hydrogen-bond donors (Lipinski definition) is 2. The first-order chi connectivity index (χ1) is 14.5. The molecule has 0 bridgehead atoms. The predicted molar refractivity (Wildman–Crippen MR) is 105 cm³/mol. The number of hydrogen-bond acceptors (Lipinski definition) is 8. The lowest BCUT2D eigenvalue weighted by molar-refractivity contribution is -0.125. The molecule has 0 saturated carbocycles. The molecule has 1 aromatic heterocycles. The number of nitrogens with zero attached hydrogens (tertiary/aromatic N) is 2. The number of carbonyl (C=O) groups is 3. The van der Waals surface area contributed by atoms with Gasteiger partial charge in [-0.2, -0.15) is 0 Å². The Balaban J connectivity index is 1.51. The summed E-state index contributed by atoms with van der Waals surface area (Å²) in [7, 11) is 2.91. The number of nitrogens with one attached hydrogen (secondary N) is 2. The minimum absolute atomic E-state index is 0.0316. The average Bonchev–Trinajstić information content (AvgIpc) is 2.79. The van der Waals surface area contributed by atoms with E-state index >= 15 is 0 Å². The molecule has 2 N–H and O–H groups in total. The molecule has 2 aromatic carbocycles. The standard InChI is InChI=1S/C20H18N4O6/c1-28-16-8-7-12(9-17(16)29-2)19(26)24-23-18(25)11-30-20(27)15-10-21-13-5-3-4-6-14(13)22-15/h3-10H,11H2,1-2H3,(H,23,25)(H,24,26). The molecular formula is C20H18N4O6. The smallest absolute Gasteiger partial charge is 0.359 e. The van der Waals surface area contributed by atoms with E-state index in [1.807, 2.05) is 0 Å². The van der Waals surface area contributed by atoms with Crippen LogP contribution in [0.3, 0.4) is 0 Å². The van der Waals surface area contributed by atoms with Crippen LogP contribution < -0.4 is 20.3 Å². The number of esters is 1. The third kappa shape index (κ3) is 4.79. The maximum absolute atomic E-state index is 12.2. The van der Waals surface area contributed by atoms with E-state index in [-0.39, 0.29) is 11.3 Å². The SMILES string of the molecule is COc1ccc(C(=O)NNC(=O)COC(=O)c2cnc3ccccc3n2)cc1OC. The van der Waals surface area contributed by atoms with Crippen LogP contribution in [-0.4, -0.2) is 48.6 Å². The van der Waals surface area contributed by atoms with Gasteiger partial charge in [-0.25, -0.2) is 9.78 Å². The first kappa shape index (κ1) is 20.5. The number of para-hydroxylation sites is 2. The quantitative estimate of drug-likeness (QED) is 0.459. The number of methoxy groups -OCH3 is 2. The van der Waals surface area contributed by atoms with Gasteiger partial charge in [0, 0.05) is 5.56 Å². The predicted octanol–water partition coefficient (Wildman–Crippen LogP) is 1.26. The van der Waals surface area contributed by atoms with Crippen molar-refractivity contribution in [2.24, 2.45) is 0 Å². The van der Waals surface area contributed by atoms with Crippen molar-refractivity contribution in [3.63, 3.8) is 0 Å². The van der Waals surface area contributed by atoms with E-state index < -0.39 is 24.4 Å². The van der Waals surface area contributed by atoms with Gasteiger partial charge >= 0.3 is 5.97 Å². The summed E-state index contributed by atoms with van der Waals surface area (Å²) in [5.74, 6) is -1.31. The van der Waals surface area contributed by atoms with Gasteiger partial charge in [0.25, 0.3) is 11.8 Å². The zero-order chi connectivity index (χ0) is 21.5. The second-order valence-corrected chi connectivity index (χ2v) is 5.89. The second-order valence-electron chi connectivity index (χ2n) is 5.89. The van der Waals surface area contributed by atoms with Crippen LogP contribution in [0.15, 0.2) is 48.7 Å². The molecule has 30 heavy (non-hydrogen) atoms. The molecule has 2 amide bonds. The number of ether oxygens (including phenoxy) is 3. The largest absolute Gasteiger partial charge is 0.493 e. The minimum Gasteiger partial charge on any atom is -0.493 e. The summed E-state index contributed by atoms with van der Waals surface area (Å²) in [6.07, 6.45) is 1.27. The Morgan fingerprint density at radius 1 is 0.933 bits per heavy atom. The number of aromatic nitrogens is 2. The van der Waals surface area contributed by atoms with E-state index in [2.05, 4.69) is 20.8 Å². The Bertz CT molecular complexity index is 1100. The van der Waals surface area contributed by atoms with Gasteiger partial charge in [-0.15, -0.1) is 0 Å². The number of hydrazine groups is 1. The third-order valence-corrected chi connectivity index (χ3v) is 3.95. The van der Waals surface area contributed by atoms with E-state index in [1.165, 1.54) is 32.5 Å². The zero-order valence-electron chi connectivity index (χ0n) is 16.2. The Morgan fingerprint density at radius 2 is 1.67 bits per heavy atom. The lowest BCUT2D eigenvalue weighted by Gasteiger charge is -2.11. The summed E-state index contributed by atoms with van der Waals surface area (Å²) in [5, 5.41) is 0. The molecule has 0 spiro atoms. The van der Waals surface area contributed by atoms with Crippen molar-refractivity contribution in [2.75, 3.05) is 20.8 Å². The van der Waals surface area contributed by atoms with Gasteiger partial charge in [0.15, 0.2) is 23.8 Å². The lowest BCUT2D eigenvalue weighted by Crippen LogP contribution is -2.43. The van der Waals surface area contributed by atoms with Crippen molar-refractivity contribution in [3.05, 3.63) is 59.9 Å². The normalized spacial score (nSPS) is 10.2. The molecule has 0 fully saturated rings. The molecule has 0 saturated heterocycles. The lowest BCUT2D eigenvalue weighted by atomic mass is 10.2. The molecule has 0 aliphatic carbocycles. The van der Waals surface area contributed by atoms with Crippen molar-refractivity contribution in [2.45, 2.75) is 0 Å². The maximum atomic E-state index is 12.2. The summed E-state index contributed by atoms with van der Waals surface area (Å²) < 4.78 is 15.1. The van der Waals surface area contributed by atoms with Gasteiger partial charge in [0.2, 0.25) is 0 Å². The van der Waals surface area contributed by atoms with Crippen molar-refractivity contribution in [3.8, 4) is 11.5 Å². The van der Waals surface area contributed by atoms with Gasteiger partial charge in [0.05, 0.1) is 31.4 Å². The van der Waals surface area contributed by atoms with Crippen LogP contribution >= 0.6 is 0 Å². The van der Waals surface area contributed by atoms with Crippen molar-refractivity contribution < 1.29 is 28.6 Å². The van der Waals surface area contributed by atoms with Gasteiger partial charge in [0.1, 0.15) is 0 Å². The molecule has 3 aromatic rings. The molecule has 3 rings (SSSR count). The van der Waals surface area contributed by atoms with Crippen molar-refractivity contribution in [1.82, 2.24) is 20.8 Å². The van der Waals surface area contributed by atoms with Gasteiger partial charge < -0.3 is 14.2 Å². The van der Waals surface area contributed by atoms with Crippen LogP contribution in [0.2, 0.25) is 0 Å². The Kier molecular flexibility index (Phi) is 6.38. The Morgan fingerprint density at radius 3 is 2.40 bits per heavy atom. The van der Waals surface area contributed by atoms with Gasteiger partial charge in [-0.1, -0.05) is 12.1 Å².